The fourth-order valence-electron chi connectivity index (χ4n) is 0.852. The molecule has 0 aliphatic heterocycles. The van der Waals surface area contributed by atoms with E-state index in [1.165, 1.54) is 18.2 Å². The summed E-state index contributed by atoms with van der Waals surface area (Å²) in [6, 6.07) is 7.59. The number of rotatable bonds is 2. The summed E-state index contributed by atoms with van der Waals surface area (Å²) in [6.45, 7) is 0. The van der Waals surface area contributed by atoms with Gasteiger partial charge in [-0.3, -0.25) is 4.79 Å². The molecule has 0 radical (unpaired) electrons. The molecule has 0 aliphatic carbocycles. The van der Waals surface area contributed by atoms with Gasteiger partial charge in [-0.1, -0.05) is 18.2 Å². The van der Waals surface area contributed by atoms with Crippen LogP contribution in [-0.4, -0.2) is 6.29 Å². The molecule has 2 nitrogen and oxygen atoms in total. The van der Waals surface area contributed by atoms with Gasteiger partial charge in [0.05, 0.1) is 5.57 Å². The van der Waals surface area contributed by atoms with Crippen molar-refractivity contribution in [3.63, 3.8) is 0 Å². The minimum absolute atomic E-state index is 0.0925. The summed E-state index contributed by atoms with van der Waals surface area (Å²) >= 11 is 0. The summed E-state index contributed by atoms with van der Waals surface area (Å²) in [6.07, 6.45) is 1.61. The van der Waals surface area contributed by atoms with Crippen molar-refractivity contribution in [2.45, 2.75) is 0 Å². The Morgan fingerprint density at radius 2 is 2.15 bits per heavy atom. The number of hydrogen-bond donors (Lipinski definition) is 0. The quantitative estimate of drug-likeness (QED) is 0.391. The number of carbonyl (C=O) groups excluding carboxylic acids is 1. The number of carbonyl (C=O) groups is 1. The van der Waals surface area contributed by atoms with Gasteiger partial charge < -0.3 is 0 Å². The first-order valence-corrected chi connectivity index (χ1v) is 3.59. The molecule has 64 valence electrons. The fourth-order valence-corrected chi connectivity index (χ4v) is 0.852. The molecule has 0 N–H and O–H groups in total. The zero-order chi connectivity index (χ0) is 9.68. The number of halogens is 1. The average Bonchev–Trinajstić information content (AvgIpc) is 2.17. The van der Waals surface area contributed by atoms with Crippen molar-refractivity contribution >= 4 is 12.4 Å². The number of hydrogen-bond acceptors (Lipinski definition) is 2. The van der Waals surface area contributed by atoms with Crippen molar-refractivity contribution in [1.82, 2.24) is 0 Å². The highest BCUT2D eigenvalue weighted by atomic mass is 19.1. The highest BCUT2D eigenvalue weighted by Crippen LogP contribution is 2.09. The van der Waals surface area contributed by atoms with Crippen LogP contribution in [0.2, 0.25) is 0 Å². The van der Waals surface area contributed by atoms with E-state index in [1.54, 1.807) is 18.2 Å². The highest BCUT2D eigenvalue weighted by molar-refractivity contribution is 5.86. The van der Waals surface area contributed by atoms with Gasteiger partial charge >= 0.3 is 0 Å². The second-order valence-corrected chi connectivity index (χ2v) is 2.35. The Kier molecular flexibility index (Phi) is 2.93. The first-order chi connectivity index (χ1) is 6.27. The maximum absolute atomic E-state index is 13.0. The van der Waals surface area contributed by atoms with Gasteiger partial charge in [-0.15, -0.1) is 0 Å². The normalized spacial score (nSPS) is 10.6. The molecule has 0 atom stereocenters. The van der Waals surface area contributed by atoms with Gasteiger partial charge in [-0.2, -0.15) is 5.26 Å². The Balaban J connectivity index is 3.11. The van der Waals surface area contributed by atoms with Crippen molar-refractivity contribution < 1.29 is 9.18 Å². The van der Waals surface area contributed by atoms with Gasteiger partial charge in [0, 0.05) is 5.56 Å². The van der Waals surface area contributed by atoms with Gasteiger partial charge in [0.25, 0.3) is 0 Å². The lowest BCUT2D eigenvalue weighted by Crippen LogP contribution is -1.84. The molecule has 0 saturated carbocycles. The molecule has 3 heteroatoms. The van der Waals surface area contributed by atoms with Crippen LogP contribution in [0.15, 0.2) is 29.8 Å². The molecule has 0 aliphatic rings. The Bertz CT molecular complexity index is 390. The first kappa shape index (κ1) is 9.14. The maximum atomic E-state index is 13.0. The lowest BCUT2D eigenvalue weighted by Gasteiger charge is -1.94. The molecule has 1 aromatic carbocycles. The first-order valence-electron chi connectivity index (χ1n) is 3.59. The Labute approximate surface area is 74.9 Å². The minimum Gasteiger partial charge on any atom is -0.297 e. The molecular weight excluding hydrogens is 169 g/mol. The van der Waals surface area contributed by atoms with Gasteiger partial charge in [-0.05, 0) is 12.1 Å². The molecule has 1 rings (SSSR count). The third-order valence-corrected chi connectivity index (χ3v) is 1.47. The van der Waals surface area contributed by atoms with Gasteiger partial charge in [0.1, 0.15) is 11.9 Å². The van der Waals surface area contributed by atoms with Crippen LogP contribution in [0, 0.1) is 17.1 Å². The van der Waals surface area contributed by atoms with Crippen molar-refractivity contribution in [2.24, 2.45) is 0 Å². The highest BCUT2D eigenvalue weighted by Gasteiger charge is 1.98. The predicted molar refractivity (Wildman–Crippen MR) is 46.1 cm³/mol. The van der Waals surface area contributed by atoms with Crippen LogP contribution in [0.3, 0.4) is 0 Å². The van der Waals surface area contributed by atoms with Crippen LogP contribution in [0.1, 0.15) is 5.56 Å². The second kappa shape index (κ2) is 4.17. The zero-order valence-corrected chi connectivity index (χ0v) is 6.70. The molecule has 0 heterocycles. The van der Waals surface area contributed by atoms with E-state index in [4.69, 9.17) is 5.26 Å². The fraction of sp³-hybridized carbons (Fsp3) is 0. The topological polar surface area (TPSA) is 40.9 Å². The number of aldehydes is 1. The van der Waals surface area contributed by atoms with Gasteiger partial charge in [-0.25, -0.2) is 4.39 Å². The minimum atomic E-state index is -0.447. The van der Waals surface area contributed by atoms with Crippen molar-refractivity contribution in [1.29, 1.82) is 5.26 Å². The van der Waals surface area contributed by atoms with Crippen LogP contribution < -0.4 is 0 Å². The zero-order valence-electron chi connectivity index (χ0n) is 6.70. The summed E-state index contributed by atoms with van der Waals surface area (Å²) in [7, 11) is 0. The second-order valence-electron chi connectivity index (χ2n) is 2.35. The number of benzene rings is 1. The molecule has 0 unspecified atom stereocenters. The van der Waals surface area contributed by atoms with Crippen LogP contribution >= 0.6 is 0 Å². The molecule has 0 aromatic heterocycles. The SMILES string of the molecule is N#C/C(C=O)=C\c1ccccc1F. The molecular formula is C10H6FNO. The van der Waals surface area contributed by atoms with Gasteiger partial charge in [0.2, 0.25) is 0 Å². The van der Waals surface area contributed by atoms with Crippen LogP contribution in [-0.2, 0) is 4.79 Å². The summed E-state index contributed by atoms with van der Waals surface area (Å²) < 4.78 is 13.0. The van der Waals surface area contributed by atoms with E-state index < -0.39 is 5.82 Å². The molecule has 0 amide bonds. The van der Waals surface area contributed by atoms with E-state index in [0.717, 1.165) is 0 Å². The third kappa shape index (κ3) is 2.24. The van der Waals surface area contributed by atoms with E-state index >= 15 is 0 Å². The Morgan fingerprint density at radius 1 is 1.46 bits per heavy atom. The number of nitrogens with zero attached hydrogens (tertiary/aromatic N) is 1. The molecule has 0 fully saturated rings. The average molecular weight is 175 g/mol. The van der Waals surface area contributed by atoms with Crippen molar-refractivity contribution in [3.8, 4) is 6.07 Å². The number of allylic oxidation sites excluding steroid dienone is 1. The summed E-state index contributed by atoms with van der Waals surface area (Å²) in [5, 5.41) is 8.41. The van der Waals surface area contributed by atoms with E-state index in [0.29, 0.717) is 6.29 Å². The predicted octanol–water partition coefficient (Wildman–Crippen LogP) is 1.93. The Hall–Kier alpha value is -1.95. The maximum Gasteiger partial charge on any atom is 0.160 e. The Morgan fingerprint density at radius 3 is 2.69 bits per heavy atom. The lowest BCUT2D eigenvalue weighted by molar-refractivity contribution is -0.104. The van der Waals surface area contributed by atoms with Crippen molar-refractivity contribution in [3.05, 3.63) is 41.2 Å². The van der Waals surface area contributed by atoms with Crippen molar-refractivity contribution in [2.75, 3.05) is 0 Å². The molecule has 0 bridgehead atoms. The monoisotopic (exact) mass is 175 g/mol. The smallest absolute Gasteiger partial charge is 0.160 e. The van der Waals surface area contributed by atoms with E-state index in [2.05, 4.69) is 0 Å². The molecule has 1 aromatic rings. The standard InChI is InChI=1S/C10H6FNO/c11-10-4-2-1-3-9(10)5-8(6-12)7-13/h1-5,7H/b8-5+. The van der Waals surface area contributed by atoms with E-state index in [-0.39, 0.29) is 11.1 Å². The molecule has 0 saturated heterocycles. The summed E-state index contributed by atoms with van der Waals surface area (Å²) in [4.78, 5) is 10.2. The van der Waals surface area contributed by atoms with E-state index in [1.807, 2.05) is 0 Å². The van der Waals surface area contributed by atoms with E-state index in [9.17, 15) is 9.18 Å². The largest absolute Gasteiger partial charge is 0.297 e. The third-order valence-electron chi connectivity index (χ3n) is 1.47. The van der Waals surface area contributed by atoms with Crippen LogP contribution in [0.4, 0.5) is 4.39 Å². The summed E-state index contributed by atoms with van der Waals surface area (Å²) in [5.74, 6) is -0.447. The van der Waals surface area contributed by atoms with Crippen LogP contribution in [0.5, 0.6) is 0 Å². The molecule has 13 heavy (non-hydrogen) atoms. The number of nitriles is 1. The summed E-state index contributed by atoms with van der Waals surface area (Å²) in [5.41, 5.74) is 0.149. The van der Waals surface area contributed by atoms with Gasteiger partial charge in [0.15, 0.2) is 6.29 Å². The molecule has 0 spiro atoms. The van der Waals surface area contributed by atoms with Crippen LogP contribution in [0.25, 0.3) is 6.08 Å². The lowest BCUT2D eigenvalue weighted by atomic mass is 10.1.